The van der Waals surface area contributed by atoms with Crippen LogP contribution in [0.2, 0.25) is 0 Å². The van der Waals surface area contributed by atoms with Crippen LogP contribution in [0.15, 0.2) is 28.7 Å². The fourth-order valence-electron chi connectivity index (χ4n) is 5.05. The molecule has 0 spiro atoms. The predicted octanol–water partition coefficient (Wildman–Crippen LogP) is 3.92. The first-order valence-corrected chi connectivity index (χ1v) is 14.1. The van der Waals surface area contributed by atoms with Crippen LogP contribution in [0.4, 0.5) is 4.79 Å². The summed E-state index contributed by atoms with van der Waals surface area (Å²) in [4.78, 5) is 50.0. The summed E-state index contributed by atoms with van der Waals surface area (Å²) in [7, 11) is 1.24. The predicted molar refractivity (Wildman–Crippen MR) is 158 cm³/mol. The molecule has 4 rings (SSSR count). The largest absolute Gasteiger partial charge is 0.464 e. The smallest absolute Gasteiger partial charge is 0.407 e. The Hall–Kier alpha value is -4.19. The number of nitrogens with one attached hydrogen (secondary N) is 2. The average Bonchev–Trinajstić information content (AvgIpc) is 3.28. The van der Waals surface area contributed by atoms with Crippen molar-refractivity contribution in [2.45, 2.75) is 78.7 Å². The number of carbonyl (C=O) groups is 3. The normalized spacial score (nSPS) is 16.0. The first kappa shape index (κ1) is 30.8. The Balaban J connectivity index is 1.79. The molecular formula is C30H39N5O7. The van der Waals surface area contributed by atoms with Crippen LogP contribution in [0.1, 0.15) is 70.9 Å². The molecule has 1 unspecified atom stereocenters. The average molecular weight is 582 g/mol. The molecular weight excluding hydrogens is 542 g/mol. The number of aryl methyl sites for hydroxylation is 2. The van der Waals surface area contributed by atoms with Gasteiger partial charge in [0.25, 0.3) is 5.56 Å². The lowest BCUT2D eigenvalue weighted by Crippen LogP contribution is -2.33. The van der Waals surface area contributed by atoms with Gasteiger partial charge < -0.3 is 29.4 Å². The molecule has 3 aromatic rings. The molecule has 0 bridgehead atoms. The van der Waals surface area contributed by atoms with Crippen LogP contribution in [-0.2, 0) is 30.3 Å². The number of methoxy groups -OCH3 is 1. The summed E-state index contributed by atoms with van der Waals surface area (Å²) >= 11 is 0. The van der Waals surface area contributed by atoms with Crippen molar-refractivity contribution in [1.82, 2.24) is 25.0 Å². The highest BCUT2D eigenvalue weighted by atomic mass is 16.6. The number of hydrogen-bond donors (Lipinski definition) is 2. The summed E-state index contributed by atoms with van der Waals surface area (Å²) in [6.07, 6.45) is 4.00. The zero-order chi connectivity index (χ0) is 30.6. The number of fused-ring (bicyclic) bond motifs is 3. The SMILES string of the molecule is COC(=O)C(=Cc1ccc2c(c1)c1nn(C3CCCCO3)c(C)c1c(=O)n2CCCNC(=O)OC(C)(C)C)NC(C)=O. The van der Waals surface area contributed by atoms with Gasteiger partial charge in [0.1, 0.15) is 23.0 Å². The standard InChI is InChI=1S/C30H39N5O7/c1-18-25-26(33-35(18)24-10-7-8-15-41-24)21-16-20(17-22(28(38)40-6)32-19(2)36)11-12-23(21)34(27(25)37)14-9-13-31-29(39)42-30(3,4)5/h11-12,16-17,24H,7-10,13-15H2,1-6H3,(H,31,39)(H,32,36). The molecule has 2 amide bonds. The highest BCUT2D eigenvalue weighted by molar-refractivity contribution is 6.05. The summed E-state index contributed by atoms with van der Waals surface area (Å²) in [6.45, 7) is 9.83. The number of alkyl carbamates (subject to hydrolysis) is 1. The van der Waals surface area contributed by atoms with Gasteiger partial charge in [0.15, 0.2) is 0 Å². The Bertz CT molecular complexity index is 1590. The number of pyridine rings is 1. The maximum absolute atomic E-state index is 13.9. The van der Waals surface area contributed by atoms with Gasteiger partial charge in [-0.15, -0.1) is 0 Å². The number of benzene rings is 1. The summed E-state index contributed by atoms with van der Waals surface area (Å²) in [5.41, 5.74) is 1.68. The molecule has 1 atom stereocenters. The van der Waals surface area contributed by atoms with Crippen molar-refractivity contribution in [2.24, 2.45) is 0 Å². The Kier molecular flexibility index (Phi) is 9.35. The van der Waals surface area contributed by atoms with Gasteiger partial charge in [0.2, 0.25) is 5.91 Å². The number of nitrogens with zero attached hydrogens (tertiary/aromatic N) is 3. The van der Waals surface area contributed by atoms with Crippen molar-refractivity contribution in [2.75, 3.05) is 20.3 Å². The lowest BCUT2D eigenvalue weighted by Gasteiger charge is -2.23. The minimum absolute atomic E-state index is 0.0144. The third-order valence-electron chi connectivity index (χ3n) is 6.86. The number of aromatic nitrogens is 3. The number of hydrogen-bond acceptors (Lipinski definition) is 8. The van der Waals surface area contributed by atoms with E-state index in [9.17, 15) is 19.2 Å². The van der Waals surface area contributed by atoms with E-state index in [1.165, 1.54) is 20.1 Å². The lowest BCUT2D eigenvalue weighted by atomic mass is 10.1. The van der Waals surface area contributed by atoms with Crippen LogP contribution < -0.4 is 16.2 Å². The molecule has 0 radical (unpaired) electrons. The summed E-state index contributed by atoms with van der Waals surface area (Å²) in [5.74, 6) is -1.10. The molecule has 1 fully saturated rings. The molecule has 1 aliphatic rings. The van der Waals surface area contributed by atoms with Crippen molar-refractivity contribution in [1.29, 1.82) is 0 Å². The van der Waals surface area contributed by atoms with Gasteiger partial charge in [-0.3, -0.25) is 9.59 Å². The van der Waals surface area contributed by atoms with Crippen LogP contribution in [0.5, 0.6) is 0 Å². The summed E-state index contributed by atoms with van der Waals surface area (Å²) in [6, 6.07) is 5.37. The van der Waals surface area contributed by atoms with Crippen molar-refractivity contribution < 1.29 is 28.6 Å². The highest BCUT2D eigenvalue weighted by Crippen LogP contribution is 2.30. The third-order valence-corrected chi connectivity index (χ3v) is 6.86. The molecule has 1 aromatic carbocycles. The number of rotatable bonds is 8. The van der Waals surface area contributed by atoms with E-state index in [0.29, 0.717) is 59.2 Å². The third kappa shape index (κ3) is 6.99. The van der Waals surface area contributed by atoms with Gasteiger partial charge in [0.05, 0.1) is 23.7 Å². The van der Waals surface area contributed by atoms with Crippen LogP contribution >= 0.6 is 0 Å². The molecule has 0 saturated carbocycles. The maximum Gasteiger partial charge on any atom is 0.407 e. The molecule has 12 nitrogen and oxygen atoms in total. The monoisotopic (exact) mass is 581 g/mol. The zero-order valence-electron chi connectivity index (χ0n) is 25.0. The molecule has 12 heteroatoms. The van der Waals surface area contributed by atoms with E-state index in [-0.39, 0.29) is 17.5 Å². The number of esters is 1. The van der Waals surface area contributed by atoms with Gasteiger partial charge >= 0.3 is 12.1 Å². The first-order valence-electron chi connectivity index (χ1n) is 14.1. The van der Waals surface area contributed by atoms with E-state index >= 15 is 0 Å². The van der Waals surface area contributed by atoms with E-state index in [0.717, 1.165) is 19.3 Å². The minimum Gasteiger partial charge on any atom is -0.464 e. The molecule has 2 N–H and O–H groups in total. The van der Waals surface area contributed by atoms with Crippen LogP contribution in [0, 0.1) is 6.92 Å². The Morgan fingerprint density at radius 2 is 1.98 bits per heavy atom. The first-order chi connectivity index (χ1) is 19.9. The molecule has 1 saturated heterocycles. The number of amides is 2. The van der Waals surface area contributed by atoms with Gasteiger partial charge in [-0.1, -0.05) is 6.07 Å². The van der Waals surface area contributed by atoms with Gasteiger partial charge in [-0.05, 0) is 77.2 Å². The van der Waals surface area contributed by atoms with Crippen molar-refractivity contribution in [3.05, 3.63) is 45.5 Å². The second-order valence-corrected chi connectivity index (χ2v) is 11.3. The second kappa shape index (κ2) is 12.8. The van der Waals surface area contributed by atoms with E-state index < -0.39 is 23.6 Å². The summed E-state index contributed by atoms with van der Waals surface area (Å²) in [5, 5.41) is 11.3. The molecule has 1 aliphatic heterocycles. The van der Waals surface area contributed by atoms with E-state index in [4.69, 9.17) is 19.3 Å². The van der Waals surface area contributed by atoms with Crippen molar-refractivity contribution in [3.63, 3.8) is 0 Å². The maximum atomic E-state index is 13.9. The minimum atomic E-state index is -0.688. The Morgan fingerprint density at radius 3 is 2.62 bits per heavy atom. The molecule has 226 valence electrons. The van der Waals surface area contributed by atoms with Gasteiger partial charge in [-0.25, -0.2) is 14.3 Å². The van der Waals surface area contributed by atoms with E-state index in [1.807, 2.05) is 13.0 Å². The van der Waals surface area contributed by atoms with Crippen molar-refractivity contribution in [3.8, 4) is 0 Å². The van der Waals surface area contributed by atoms with Crippen molar-refractivity contribution >= 4 is 45.9 Å². The summed E-state index contributed by atoms with van der Waals surface area (Å²) < 4.78 is 19.6. The van der Waals surface area contributed by atoms with E-state index in [1.54, 1.807) is 42.2 Å². The molecule has 3 heterocycles. The fraction of sp³-hybridized carbons (Fsp3) is 0.500. The quantitative estimate of drug-likeness (QED) is 0.232. The molecule has 2 aromatic heterocycles. The van der Waals surface area contributed by atoms with Crippen LogP contribution in [-0.4, -0.2) is 58.2 Å². The highest BCUT2D eigenvalue weighted by Gasteiger charge is 2.24. The molecule has 0 aliphatic carbocycles. The fourth-order valence-corrected chi connectivity index (χ4v) is 5.05. The number of carbonyl (C=O) groups excluding carboxylic acids is 3. The van der Waals surface area contributed by atoms with Crippen LogP contribution in [0.25, 0.3) is 27.9 Å². The van der Waals surface area contributed by atoms with E-state index in [2.05, 4.69) is 10.6 Å². The topological polar surface area (TPSA) is 143 Å². The van der Waals surface area contributed by atoms with Gasteiger partial charge in [-0.2, -0.15) is 5.10 Å². The molecule has 42 heavy (non-hydrogen) atoms. The van der Waals surface area contributed by atoms with Gasteiger partial charge in [0, 0.05) is 32.0 Å². The second-order valence-electron chi connectivity index (χ2n) is 11.3. The number of ether oxygens (including phenoxy) is 3. The zero-order valence-corrected chi connectivity index (χ0v) is 25.0. The van der Waals surface area contributed by atoms with Crippen LogP contribution in [0.3, 0.4) is 0 Å². The Morgan fingerprint density at radius 1 is 1.21 bits per heavy atom. The Labute approximate surface area is 244 Å². The lowest BCUT2D eigenvalue weighted by molar-refractivity contribution is -0.137.